The van der Waals surface area contributed by atoms with E-state index in [1.807, 2.05) is 19.1 Å². The number of aromatic nitrogens is 2. The molecule has 3 aliphatic rings. The summed E-state index contributed by atoms with van der Waals surface area (Å²) in [5.41, 5.74) is 1.78. The van der Waals surface area contributed by atoms with Gasteiger partial charge in [0.25, 0.3) is 5.91 Å². The molecular formula is C26H35N7O3. The highest BCUT2D eigenvalue weighted by atomic mass is 16.5. The number of hydrogen-bond donors (Lipinski definition) is 3. The minimum Gasteiger partial charge on any atom is -0.494 e. The molecule has 2 fully saturated rings. The fourth-order valence-corrected chi connectivity index (χ4v) is 5.64. The van der Waals surface area contributed by atoms with Crippen LogP contribution >= 0.6 is 0 Å². The summed E-state index contributed by atoms with van der Waals surface area (Å²) in [5.74, 6) is 1.52. The summed E-state index contributed by atoms with van der Waals surface area (Å²) in [4.78, 5) is 39.4. The molecule has 1 aromatic carbocycles. The van der Waals surface area contributed by atoms with Crippen molar-refractivity contribution in [1.29, 1.82) is 0 Å². The molecule has 10 nitrogen and oxygen atoms in total. The van der Waals surface area contributed by atoms with E-state index in [2.05, 4.69) is 25.8 Å². The van der Waals surface area contributed by atoms with Crippen molar-refractivity contribution in [2.45, 2.75) is 63.6 Å². The van der Waals surface area contributed by atoms with Crippen LogP contribution in [-0.4, -0.2) is 67.2 Å². The smallest absolute Gasteiger partial charge is 0.255 e. The number of amides is 2. The van der Waals surface area contributed by atoms with Crippen molar-refractivity contribution in [3.63, 3.8) is 0 Å². The molecule has 1 saturated heterocycles. The first kappa shape index (κ1) is 24.3. The molecule has 2 amide bonds. The fraction of sp³-hybridized carbons (Fsp3) is 0.538. The first-order valence-corrected chi connectivity index (χ1v) is 12.9. The van der Waals surface area contributed by atoms with Gasteiger partial charge in [0.2, 0.25) is 11.9 Å². The lowest BCUT2D eigenvalue weighted by atomic mass is 10.0. The molecule has 192 valence electrons. The van der Waals surface area contributed by atoms with Crippen molar-refractivity contribution in [2.75, 3.05) is 42.4 Å². The number of anilines is 4. The van der Waals surface area contributed by atoms with Gasteiger partial charge in [-0.05, 0) is 44.4 Å². The topological polar surface area (TPSA) is 112 Å². The Morgan fingerprint density at radius 2 is 2.06 bits per heavy atom. The maximum absolute atomic E-state index is 13.1. The molecule has 3 N–H and O–H groups in total. The molecule has 36 heavy (non-hydrogen) atoms. The Kier molecular flexibility index (Phi) is 6.95. The van der Waals surface area contributed by atoms with Crippen LogP contribution < -0.4 is 30.5 Å². The van der Waals surface area contributed by atoms with Crippen LogP contribution in [0.25, 0.3) is 0 Å². The zero-order valence-electron chi connectivity index (χ0n) is 21.2. The number of rotatable bonds is 7. The summed E-state index contributed by atoms with van der Waals surface area (Å²) in [7, 11) is 3.34. The third-order valence-corrected chi connectivity index (χ3v) is 7.52. The van der Waals surface area contributed by atoms with Gasteiger partial charge in [-0.2, -0.15) is 4.98 Å². The Labute approximate surface area is 211 Å². The first-order valence-electron chi connectivity index (χ1n) is 12.9. The number of nitrogens with one attached hydrogen (secondary N) is 3. The van der Waals surface area contributed by atoms with Crippen LogP contribution in [0.3, 0.4) is 0 Å². The molecular weight excluding hydrogens is 458 g/mol. The molecule has 10 heteroatoms. The second-order valence-electron chi connectivity index (χ2n) is 9.74. The number of para-hydroxylation sites is 1. The van der Waals surface area contributed by atoms with Crippen LogP contribution in [0.1, 0.15) is 55.8 Å². The van der Waals surface area contributed by atoms with Crippen molar-refractivity contribution in [3.05, 3.63) is 30.0 Å². The van der Waals surface area contributed by atoms with E-state index in [1.54, 1.807) is 31.3 Å². The Bertz CT molecular complexity index is 1130. The highest BCUT2D eigenvalue weighted by Crippen LogP contribution is 2.40. The van der Waals surface area contributed by atoms with Crippen LogP contribution in [0.5, 0.6) is 5.75 Å². The molecule has 0 radical (unpaired) electrons. The molecule has 1 saturated carbocycles. The van der Waals surface area contributed by atoms with Gasteiger partial charge in [-0.1, -0.05) is 25.8 Å². The zero-order valence-corrected chi connectivity index (χ0v) is 21.2. The largest absolute Gasteiger partial charge is 0.494 e. The number of carbonyl (C=O) groups excluding carboxylic acids is 2. The lowest BCUT2D eigenvalue weighted by molar-refractivity contribution is -0.120. The molecule has 1 unspecified atom stereocenters. The molecule has 1 aromatic heterocycles. The van der Waals surface area contributed by atoms with Gasteiger partial charge in [-0.15, -0.1) is 0 Å². The monoisotopic (exact) mass is 493 g/mol. The highest BCUT2D eigenvalue weighted by Gasteiger charge is 2.41. The predicted molar refractivity (Wildman–Crippen MR) is 139 cm³/mol. The molecule has 2 aliphatic heterocycles. The lowest BCUT2D eigenvalue weighted by Gasteiger charge is -2.43. The fourth-order valence-electron chi connectivity index (χ4n) is 5.64. The van der Waals surface area contributed by atoms with Crippen molar-refractivity contribution in [3.8, 4) is 5.75 Å². The Balaban J connectivity index is 1.46. The summed E-state index contributed by atoms with van der Waals surface area (Å²) < 4.78 is 5.66. The molecule has 2 atom stereocenters. The SMILES string of the molecule is CC[C@@H]1C(=O)N(C)c2cnc(Nc3cccc(C(=O)NC4CCNC4)c3OC)nc2N1C1CCCC1. The summed E-state index contributed by atoms with van der Waals surface area (Å²) >= 11 is 0. The van der Waals surface area contributed by atoms with Crippen LogP contribution in [0.4, 0.5) is 23.1 Å². The number of carbonyl (C=O) groups is 2. The first-order chi connectivity index (χ1) is 17.5. The summed E-state index contributed by atoms with van der Waals surface area (Å²) in [6, 6.07) is 5.57. The number of likely N-dealkylation sites (N-methyl/N-ethyl adjacent to an activating group) is 1. The third-order valence-electron chi connectivity index (χ3n) is 7.52. The van der Waals surface area contributed by atoms with Gasteiger partial charge in [-0.25, -0.2) is 4.98 Å². The number of fused-ring (bicyclic) bond motifs is 1. The van der Waals surface area contributed by atoms with Crippen molar-refractivity contribution in [2.24, 2.45) is 0 Å². The number of hydrogen-bond acceptors (Lipinski definition) is 8. The Morgan fingerprint density at radius 1 is 1.25 bits per heavy atom. The van der Waals surface area contributed by atoms with Crippen molar-refractivity contribution in [1.82, 2.24) is 20.6 Å². The van der Waals surface area contributed by atoms with Crippen LogP contribution in [0.15, 0.2) is 24.4 Å². The standard InChI is InChI=1S/C26H35N7O3/c1-4-20-25(35)32(2)21-15-28-26(31-23(21)33(20)17-8-5-6-9-17)30-19-11-7-10-18(22(19)36-3)24(34)29-16-12-13-27-14-16/h7,10-11,15-17,20,27H,4-6,8-9,12-14H2,1-3H3,(H,29,34)(H,28,30,31)/t16?,20-/m1/s1. The molecule has 5 rings (SSSR count). The second kappa shape index (κ2) is 10.3. The quantitative estimate of drug-likeness (QED) is 0.540. The van der Waals surface area contributed by atoms with Crippen LogP contribution in [-0.2, 0) is 4.79 Å². The average Bonchev–Trinajstić information content (AvgIpc) is 3.60. The number of benzene rings is 1. The van der Waals surface area contributed by atoms with E-state index in [0.29, 0.717) is 41.1 Å². The van der Waals surface area contributed by atoms with E-state index < -0.39 is 0 Å². The van der Waals surface area contributed by atoms with Gasteiger partial charge in [-0.3, -0.25) is 9.59 Å². The van der Waals surface area contributed by atoms with E-state index in [0.717, 1.165) is 51.0 Å². The average molecular weight is 494 g/mol. The van der Waals surface area contributed by atoms with Gasteiger partial charge in [0.05, 0.1) is 24.6 Å². The minimum absolute atomic E-state index is 0.0825. The minimum atomic E-state index is -0.236. The third kappa shape index (κ3) is 4.45. The van der Waals surface area contributed by atoms with Gasteiger partial charge in [0, 0.05) is 25.7 Å². The summed E-state index contributed by atoms with van der Waals surface area (Å²) in [5, 5.41) is 9.60. The second-order valence-corrected chi connectivity index (χ2v) is 9.74. The molecule has 3 heterocycles. The van der Waals surface area contributed by atoms with E-state index in [4.69, 9.17) is 9.72 Å². The van der Waals surface area contributed by atoms with Crippen LogP contribution in [0, 0.1) is 0 Å². The molecule has 0 bridgehead atoms. The van der Waals surface area contributed by atoms with E-state index in [-0.39, 0.29) is 23.9 Å². The lowest BCUT2D eigenvalue weighted by Crippen LogP contribution is -2.55. The zero-order chi connectivity index (χ0) is 25.2. The summed E-state index contributed by atoms with van der Waals surface area (Å²) in [6.07, 6.45) is 7.76. The maximum atomic E-state index is 13.1. The van der Waals surface area contributed by atoms with Crippen LogP contribution in [0.2, 0.25) is 0 Å². The van der Waals surface area contributed by atoms with Gasteiger partial charge in [0.15, 0.2) is 11.6 Å². The van der Waals surface area contributed by atoms with Gasteiger partial charge < -0.3 is 30.5 Å². The number of methoxy groups -OCH3 is 1. The van der Waals surface area contributed by atoms with Crippen molar-refractivity contribution < 1.29 is 14.3 Å². The number of nitrogens with zero attached hydrogens (tertiary/aromatic N) is 4. The highest BCUT2D eigenvalue weighted by molar-refractivity contribution is 6.04. The Morgan fingerprint density at radius 3 is 2.75 bits per heavy atom. The maximum Gasteiger partial charge on any atom is 0.255 e. The van der Waals surface area contributed by atoms with E-state index >= 15 is 0 Å². The molecule has 0 spiro atoms. The van der Waals surface area contributed by atoms with E-state index in [1.165, 1.54) is 0 Å². The molecule has 2 aromatic rings. The Hall–Kier alpha value is -3.40. The summed E-state index contributed by atoms with van der Waals surface area (Å²) in [6.45, 7) is 3.71. The van der Waals surface area contributed by atoms with Crippen molar-refractivity contribution >= 4 is 35.0 Å². The number of ether oxygens (including phenoxy) is 1. The predicted octanol–water partition coefficient (Wildman–Crippen LogP) is 2.82. The normalized spacial score (nSPS) is 22.0. The van der Waals surface area contributed by atoms with E-state index in [9.17, 15) is 9.59 Å². The van der Waals surface area contributed by atoms with Gasteiger partial charge >= 0.3 is 0 Å². The van der Waals surface area contributed by atoms with Gasteiger partial charge in [0.1, 0.15) is 11.7 Å². The molecule has 1 aliphatic carbocycles.